The second kappa shape index (κ2) is 9.07. The normalized spacial score (nSPS) is 11.5. The molecule has 0 N–H and O–H groups in total. The smallest absolute Gasteiger partial charge is 0.198 e. The molecule has 4 nitrogen and oxygen atoms in total. The highest BCUT2D eigenvalue weighted by Gasteiger charge is 2.16. The van der Waals surface area contributed by atoms with E-state index in [-0.39, 0.29) is 0 Å². The van der Waals surface area contributed by atoms with Gasteiger partial charge in [-0.3, -0.25) is 0 Å². The molecule has 0 radical (unpaired) electrons. The first-order valence-corrected chi connectivity index (χ1v) is 13.3. The van der Waals surface area contributed by atoms with Crippen LogP contribution in [0.25, 0.3) is 77.3 Å². The average Bonchev–Trinajstić information content (AvgIpc) is 3.02. The molecule has 4 heteroatoms. The van der Waals surface area contributed by atoms with Crippen LogP contribution in [0.2, 0.25) is 0 Å². The Labute approximate surface area is 230 Å². The minimum absolute atomic E-state index is 0.502. The summed E-state index contributed by atoms with van der Waals surface area (Å²) in [4.78, 5) is 19.0. The Morgan fingerprint density at radius 3 is 1.30 bits per heavy atom. The maximum atomic E-state index is 5.02. The lowest BCUT2D eigenvalue weighted by Gasteiger charge is -2.13. The Morgan fingerprint density at radius 1 is 0.350 bits per heavy atom. The molecule has 0 saturated heterocycles. The highest BCUT2D eigenvalue weighted by Crippen LogP contribution is 2.36. The molecule has 0 unspecified atom stereocenters. The largest absolute Gasteiger partial charge is 0.234 e. The SMILES string of the molecule is c1cnc(-c2nc(-c3cccc4cc5ccccc5cc34)cc(-c3cccc4cc5ccccc5cc34)n2)nc1. The Bertz CT molecular complexity index is 2080. The number of benzene rings is 6. The molecule has 6 aromatic carbocycles. The van der Waals surface area contributed by atoms with Gasteiger partial charge in [0.05, 0.1) is 11.4 Å². The Balaban J connectivity index is 1.41. The van der Waals surface area contributed by atoms with Gasteiger partial charge in [-0.15, -0.1) is 0 Å². The van der Waals surface area contributed by atoms with Crippen LogP contribution in [0, 0.1) is 0 Å². The molecule has 0 saturated carbocycles. The third-order valence-corrected chi connectivity index (χ3v) is 7.54. The third kappa shape index (κ3) is 3.77. The van der Waals surface area contributed by atoms with Crippen LogP contribution in [0.15, 0.2) is 134 Å². The predicted octanol–water partition coefficient (Wildman–Crippen LogP) is 8.88. The van der Waals surface area contributed by atoms with Crippen LogP contribution in [0.5, 0.6) is 0 Å². The van der Waals surface area contributed by atoms with E-state index in [1.807, 2.05) is 0 Å². The molecule has 0 aliphatic heterocycles. The highest BCUT2D eigenvalue weighted by atomic mass is 15.0. The molecule has 0 spiro atoms. The van der Waals surface area contributed by atoms with Crippen molar-refractivity contribution in [2.24, 2.45) is 0 Å². The molecule has 0 aliphatic carbocycles. The quantitative estimate of drug-likeness (QED) is 0.223. The Morgan fingerprint density at radius 2 is 0.800 bits per heavy atom. The maximum Gasteiger partial charge on any atom is 0.198 e. The maximum absolute atomic E-state index is 5.02. The van der Waals surface area contributed by atoms with Crippen molar-refractivity contribution < 1.29 is 0 Å². The topological polar surface area (TPSA) is 51.6 Å². The molecule has 0 amide bonds. The molecule has 8 aromatic rings. The minimum atomic E-state index is 0.502. The van der Waals surface area contributed by atoms with E-state index in [2.05, 4.69) is 125 Å². The first-order chi connectivity index (χ1) is 19.8. The summed E-state index contributed by atoms with van der Waals surface area (Å²) in [7, 11) is 0. The van der Waals surface area contributed by atoms with Crippen LogP contribution in [0.4, 0.5) is 0 Å². The van der Waals surface area contributed by atoms with Crippen molar-refractivity contribution in [2.45, 2.75) is 0 Å². The number of aromatic nitrogens is 4. The van der Waals surface area contributed by atoms with Gasteiger partial charge in [-0.05, 0) is 79.5 Å². The molecule has 2 heterocycles. The highest BCUT2D eigenvalue weighted by molar-refractivity contribution is 6.06. The van der Waals surface area contributed by atoms with Crippen LogP contribution < -0.4 is 0 Å². The Kier molecular flexibility index (Phi) is 5.10. The number of fused-ring (bicyclic) bond motifs is 4. The zero-order chi connectivity index (χ0) is 26.5. The van der Waals surface area contributed by atoms with E-state index in [4.69, 9.17) is 9.97 Å². The van der Waals surface area contributed by atoms with Crippen molar-refractivity contribution >= 4 is 43.1 Å². The second-order valence-electron chi connectivity index (χ2n) is 9.99. The third-order valence-electron chi connectivity index (χ3n) is 7.54. The van der Waals surface area contributed by atoms with Gasteiger partial charge >= 0.3 is 0 Å². The van der Waals surface area contributed by atoms with Crippen molar-refractivity contribution in [3.63, 3.8) is 0 Å². The van der Waals surface area contributed by atoms with Gasteiger partial charge in [-0.2, -0.15) is 0 Å². The van der Waals surface area contributed by atoms with Crippen molar-refractivity contribution in [1.82, 2.24) is 19.9 Å². The van der Waals surface area contributed by atoms with E-state index < -0.39 is 0 Å². The first kappa shape index (κ1) is 22.5. The molecule has 0 fully saturated rings. The standard InChI is InChI=1S/C36H22N4/c1-3-10-25-20-31-27(18-23(25)8-1)12-5-14-29(31)33-22-34(40-36(39-33)35-37-16-7-17-38-35)30-15-6-13-28-19-24-9-2-4-11-26(24)21-32(28)30/h1-22H. The monoisotopic (exact) mass is 510 g/mol. The van der Waals surface area contributed by atoms with Crippen molar-refractivity contribution in [2.75, 3.05) is 0 Å². The fourth-order valence-corrected chi connectivity index (χ4v) is 5.62. The van der Waals surface area contributed by atoms with Gasteiger partial charge < -0.3 is 0 Å². The zero-order valence-corrected chi connectivity index (χ0v) is 21.5. The first-order valence-electron chi connectivity index (χ1n) is 13.3. The lowest BCUT2D eigenvalue weighted by atomic mass is 9.95. The summed E-state index contributed by atoms with van der Waals surface area (Å²) in [6, 6.07) is 42.6. The van der Waals surface area contributed by atoms with Gasteiger partial charge in [0.25, 0.3) is 0 Å². The number of hydrogen-bond acceptors (Lipinski definition) is 4. The summed E-state index contributed by atoms with van der Waals surface area (Å²) < 4.78 is 0. The number of rotatable bonds is 3. The molecular formula is C36H22N4. The summed E-state index contributed by atoms with van der Waals surface area (Å²) in [5.74, 6) is 1.01. The summed E-state index contributed by atoms with van der Waals surface area (Å²) >= 11 is 0. The van der Waals surface area contributed by atoms with Gasteiger partial charge in [0.2, 0.25) is 0 Å². The number of hydrogen-bond donors (Lipinski definition) is 0. The van der Waals surface area contributed by atoms with E-state index in [1.165, 1.54) is 32.3 Å². The van der Waals surface area contributed by atoms with Crippen molar-refractivity contribution in [3.05, 3.63) is 134 Å². The van der Waals surface area contributed by atoms with Gasteiger partial charge in [0.1, 0.15) is 0 Å². The van der Waals surface area contributed by atoms with Gasteiger partial charge in [-0.25, -0.2) is 19.9 Å². The van der Waals surface area contributed by atoms with Crippen molar-refractivity contribution in [3.8, 4) is 34.2 Å². The molecule has 2 aromatic heterocycles. The van der Waals surface area contributed by atoms with Gasteiger partial charge in [0.15, 0.2) is 11.6 Å². The molecule has 186 valence electrons. The van der Waals surface area contributed by atoms with Crippen LogP contribution in [0.3, 0.4) is 0 Å². The predicted molar refractivity (Wildman–Crippen MR) is 164 cm³/mol. The zero-order valence-electron chi connectivity index (χ0n) is 21.5. The van der Waals surface area contributed by atoms with E-state index in [1.54, 1.807) is 18.5 Å². The Hall–Kier alpha value is -5.48. The molecular weight excluding hydrogens is 488 g/mol. The van der Waals surface area contributed by atoms with Crippen LogP contribution in [0.1, 0.15) is 0 Å². The van der Waals surface area contributed by atoms with Crippen LogP contribution in [-0.4, -0.2) is 19.9 Å². The van der Waals surface area contributed by atoms with E-state index in [9.17, 15) is 0 Å². The summed E-state index contributed by atoms with van der Waals surface area (Å²) in [6.45, 7) is 0. The average molecular weight is 511 g/mol. The van der Waals surface area contributed by atoms with E-state index in [0.717, 1.165) is 33.3 Å². The van der Waals surface area contributed by atoms with Gasteiger partial charge in [-0.1, -0.05) is 84.9 Å². The van der Waals surface area contributed by atoms with E-state index >= 15 is 0 Å². The molecule has 0 aliphatic rings. The second-order valence-corrected chi connectivity index (χ2v) is 9.99. The fourth-order valence-electron chi connectivity index (χ4n) is 5.62. The molecule has 40 heavy (non-hydrogen) atoms. The van der Waals surface area contributed by atoms with Gasteiger partial charge in [0, 0.05) is 23.5 Å². The van der Waals surface area contributed by atoms with Crippen molar-refractivity contribution in [1.29, 1.82) is 0 Å². The summed E-state index contributed by atoms with van der Waals surface area (Å²) in [6.07, 6.45) is 3.46. The number of nitrogens with zero attached hydrogens (tertiary/aromatic N) is 4. The molecule has 0 atom stereocenters. The molecule has 0 bridgehead atoms. The van der Waals surface area contributed by atoms with Crippen LogP contribution in [-0.2, 0) is 0 Å². The fraction of sp³-hybridized carbons (Fsp3) is 0. The lowest BCUT2D eigenvalue weighted by Crippen LogP contribution is -1.99. The summed E-state index contributed by atoms with van der Waals surface area (Å²) in [5, 5.41) is 9.47. The lowest BCUT2D eigenvalue weighted by molar-refractivity contribution is 1.08. The van der Waals surface area contributed by atoms with E-state index in [0.29, 0.717) is 11.6 Å². The summed E-state index contributed by atoms with van der Waals surface area (Å²) in [5.41, 5.74) is 3.78. The minimum Gasteiger partial charge on any atom is -0.234 e. The molecule has 8 rings (SSSR count). The van der Waals surface area contributed by atoms with Crippen LogP contribution >= 0.6 is 0 Å².